The van der Waals surface area contributed by atoms with Gasteiger partial charge in [-0.15, -0.1) is 0 Å². The normalized spacial score (nSPS) is 10.9. The first-order chi connectivity index (χ1) is 11.1. The zero-order valence-corrected chi connectivity index (χ0v) is 12.8. The van der Waals surface area contributed by atoms with E-state index in [0.29, 0.717) is 11.1 Å². The molecular weight excluding hydrogens is 291 g/mol. The molecule has 0 fully saturated rings. The molecule has 0 bridgehead atoms. The first-order valence-corrected chi connectivity index (χ1v) is 7.65. The number of hydrogen-bond donors (Lipinski definition) is 1. The van der Waals surface area contributed by atoms with Crippen molar-refractivity contribution in [1.82, 2.24) is 0 Å². The van der Waals surface area contributed by atoms with Crippen LogP contribution < -0.4 is 0 Å². The smallest absolute Gasteiger partial charge is 0.335 e. The average molecular weight is 308 g/mol. The Kier molecular flexibility index (Phi) is 4.11. The van der Waals surface area contributed by atoms with Crippen molar-refractivity contribution in [3.8, 4) is 11.1 Å². The van der Waals surface area contributed by atoms with Crippen LogP contribution in [-0.2, 0) is 6.42 Å². The Hall–Kier alpha value is -2.68. The van der Waals surface area contributed by atoms with Gasteiger partial charge in [-0.05, 0) is 46.5 Å². The van der Waals surface area contributed by atoms with Gasteiger partial charge in [0.25, 0.3) is 0 Å². The number of benzene rings is 3. The van der Waals surface area contributed by atoms with Crippen LogP contribution in [0.4, 0.5) is 4.39 Å². The molecule has 0 unspecified atom stereocenters. The van der Waals surface area contributed by atoms with Gasteiger partial charge >= 0.3 is 5.97 Å². The molecule has 0 heterocycles. The van der Waals surface area contributed by atoms with Gasteiger partial charge in [-0.2, -0.15) is 0 Å². The molecule has 0 atom stereocenters. The fraction of sp³-hybridized carbons (Fsp3) is 0.150. The van der Waals surface area contributed by atoms with Crippen LogP contribution in [0.3, 0.4) is 0 Å². The summed E-state index contributed by atoms with van der Waals surface area (Å²) < 4.78 is 14.5. The number of aromatic carboxylic acids is 1. The number of aryl methyl sites for hydroxylation is 1. The van der Waals surface area contributed by atoms with Gasteiger partial charge in [0, 0.05) is 5.56 Å². The molecule has 0 aromatic heterocycles. The summed E-state index contributed by atoms with van der Waals surface area (Å²) in [6.45, 7) is 2.06. The number of carboxylic acids is 1. The molecular formula is C20H17FO2. The lowest BCUT2D eigenvalue weighted by molar-refractivity contribution is 0.0697. The molecule has 0 spiro atoms. The van der Waals surface area contributed by atoms with Gasteiger partial charge in [-0.3, -0.25) is 0 Å². The van der Waals surface area contributed by atoms with Crippen LogP contribution in [0.25, 0.3) is 21.9 Å². The van der Waals surface area contributed by atoms with Crippen LogP contribution in [0.2, 0.25) is 0 Å². The number of carbonyl (C=O) groups is 1. The van der Waals surface area contributed by atoms with Gasteiger partial charge in [0.1, 0.15) is 5.82 Å². The Bertz CT molecular complexity index is 884. The lowest BCUT2D eigenvalue weighted by Crippen LogP contribution is -1.96. The Morgan fingerprint density at radius 3 is 2.57 bits per heavy atom. The van der Waals surface area contributed by atoms with E-state index in [9.17, 15) is 14.3 Å². The van der Waals surface area contributed by atoms with Crippen LogP contribution in [0.15, 0.2) is 54.6 Å². The molecule has 3 rings (SSSR count). The zero-order chi connectivity index (χ0) is 16.4. The third kappa shape index (κ3) is 2.95. The molecule has 0 saturated carbocycles. The largest absolute Gasteiger partial charge is 0.478 e. The first-order valence-electron chi connectivity index (χ1n) is 7.65. The number of halogens is 1. The summed E-state index contributed by atoms with van der Waals surface area (Å²) in [5.74, 6) is -1.26. The Labute approximate surface area is 134 Å². The highest BCUT2D eigenvalue weighted by atomic mass is 19.1. The van der Waals surface area contributed by atoms with Crippen LogP contribution >= 0.6 is 0 Å². The van der Waals surface area contributed by atoms with Crippen molar-refractivity contribution in [3.63, 3.8) is 0 Å². The van der Waals surface area contributed by atoms with Gasteiger partial charge in [-0.1, -0.05) is 49.7 Å². The molecule has 23 heavy (non-hydrogen) atoms. The van der Waals surface area contributed by atoms with Crippen molar-refractivity contribution in [2.45, 2.75) is 19.8 Å². The second-order valence-corrected chi connectivity index (χ2v) is 5.61. The number of rotatable bonds is 4. The summed E-state index contributed by atoms with van der Waals surface area (Å²) in [4.78, 5) is 11.2. The molecule has 0 saturated heterocycles. The molecule has 2 nitrogen and oxygen atoms in total. The summed E-state index contributed by atoms with van der Waals surface area (Å²) in [5.41, 5.74) is 2.39. The molecule has 3 aromatic carbocycles. The second kappa shape index (κ2) is 6.21. The van der Waals surface area contributed by atoms with E-state index in [1.54, 1.807) is 30.3 Å². The molecule has 0 aliphatic carbocycles. The van der Waals surface area contributed by atoms with Crippen molar-refractivity contribution in [2.75, 3.05) is 0 Å². The molecule has 0 radical (unpaired) electrons. The van der Waals surface area contributed by atoms with Crippen LogP contribution in [-0.4, -0.2) is 11.1 Å². The molecule has 1 N–H and O–H groups in total. The summed E-state index contributed by atoms with van der Waals surface area (Å²) in [5, 5.41) is 10.8. The highest BCUT2D eigenvalue weighted by molar-refractivity contribution is 6.01. The van der Waals surface area contributed by atoms with Crippen molar-refractivity contribution in [1.29, 1.82) is 0 Å². The van der Waals surface area contributed by atoms with Gasteiger partial charge in [-0.25, -0.2) is 9.18 Å². The summed E-state index contributed by atoms with van der Waals surface area (Å²) in [6, 6.07) is 15.8. The minimum Gasteiger partial charge on any atom is -0.478 e. The van der Waals surface area contributed by atoms with E-state index in [2.05, 4.69) is 6.92 Å². The lowest BCUT2D eigenvalue weighted by Gasteiger charge is -2.10. The first kappa shape index (κ1) is 15.2. The van der Waals surface area contributed by atoms with Gasteiger partial charge in [0.05, 0.1) is 5.56 Å². The van der Waals surface area contributed by atoms with Crippen molar-refractivity contribution in [3.05, 3.63) is 71.5 Å². The number of fused-ring (bicyclic) bond motifs is 1. The quantitative estimate of drug-likeness (QED) is 0.710. The van der Waals surface area contributed by atoms with Crippen LogP contribution in [0.5, 0.6) is 0 Å². The van der Waals surface area contributed by atoms with Crippen molar-refractivity contribution < 1.29 is 14.3 Å². The summed E-state index contributed by atoms with van der Waals surface area (Å²) >= 11 is 0. The summed E-state index contributed by atoms with van der Waals surface area (Å²) in [7, 11) is 0. The maximum atomic E-state index is 14.5. The highest BCUT2D eigenvalue weighted by Gasteiger charge is 2.11. The summed E-state index contributed by atoms with van der Waals surface area (Å²) in [6.07, 6.45) is 1.81. The van der Waals surface area contributed by atoms with E-state index in [4.69, 9.17) is 0 Å². The van der Waals surface area contributed by atoms with Crippen molar-refractivity contribution >= 4 is 16.7 Å². The van der Waals surface area contributed by atoms with Crippen LogP contribution in [0.1, 0.15) is 29.3 Å². The van der Waals surface area contributed by atoms with E-state index in [1.807, 2.05) is 24.3 Å². The predicted octanol–water partition coefficient (Wildman–Crippen LogP) is 5.30. The van der Waals surface area contributed by atoms with E-state index in [0.717, 1.165) is 29.2 Å². The minimum atomic E-state index is -0.986. The average Bonchev–Trinajstić information content (AvgIpc) is 2.54. The van der Waals surface area contributed by atoms with E-state index in [1.165, 1.54) is 0 Å². The van der Waals surface area contributed by atoms with Gasteiger partial charge < -0.3 is 5.11 Å². The Morgan fingerprint density at radius 1 is 1.04 bits per heavy atom. The number of hydrogen-bond acceptors (Lipinski definition) is 1. The Balaban J connectivity index is 2.19. The van der Waals surface area contributed by atoms with E-state index < -0.39 is 5.97 Å². The fourth-order valence-corrected chi connectivity index (χ4v) is 2.86. The molecule has 3 heteroatoms. The molecule has 116 valence electrons. The fourth-order valence-electron chi connectivity index (χ4n) is 2.86. The second-order valence-electron chi connectivity index (χ2n) is 5.61. The molecule has 0 aliphatic rings. The monoisotopic (exact) mass is 308 g/mol. The Morgan fingerprint density at radius 2 is 1.87 bits per heavy atom. The van der Waals surface area contributed by atoms with Gasteiger partial charge in [0.15, 0.2) is 0 Å². The van der Waals surface area contributed by atoms with Crippen molar-refractivity contribution in [2.24, 2.45) is 0 Å². The lowest BCUT2D eigenvalue weighted by atomic mass is 9.95. The third-order valence-electron chi connectivity index (χ3n) is 3.99. The predicted molar refractivity (Wildman–Crippen MR) is 90.3 cm³/mol. The van der Waals surface area contributed by atoms with E-state index in [-0.39, 0.29) is 11.4 Å². The van der Waals surface area contributed by atoms with Crippen LogP contribution in [0, 0.1) is 5.82 Å². The zero-order valence-electron chi connectivity index (χ0n) is 12.8. The standard InChI is InChI=1S/C20H17FO2/c1-2-4-13-7-10-17(19(21)11-13)16-6-3-5-14-8-9-15(20(22)23)12-18(14)16/h3,5-12H,2,4H2,1H3,(H,22,23). The maximum Gasteiger partial charge on any atom is 0.335 e. The number of carboxylic acid groups (broad SMARTS) is 1. The maximum absolute atomic E-state index is 14.5. The minimum absolute atomic E-state index is 0.202. The molecule has 0 amide bonds. The highest BCUT2D eigenvalue weighted by Crippen LogP contribution is 2.31. The molecule has 3 aromatic rings. The van der Waals surface area contributed by atoms with Gasteiger partial charge in [0.2, 0.25) is 0 Å². The SMILES string of the molecule is CCCc1ccc(-c2cccc3ccc(C(=O)O)cc23)c(F)c1. The topological polar surface area (TPSA) is 37.3 Å². The third-order valence-corrected chi connectivity index (χ3v) is 3.99. The molecule has 0 aliphatic heterocycles. The van der Waals surface area contributed by atoms with E-state index >= 15 is 0 Å².